The molecule has 28 heavy (non-hydrogen) atoms. The van der Waals surface area contributed by atoms with E-state index < -0.39 is 0 Å². The molecule has 0 spiro atoms. The van der Waals surface area contributed by atoms with Crippen molar-refractivity contribution in [3.8, 4) is 11.5 Å². The van der Waals surface area contributed by atoms with Gasteiger partial charge in [-0.1, -0.05) is 29.8 Å². The summed E-state index contributed by atoms with van der Waals surface area (Å²) in [6, 6.07) is 9.68. The summed E-state index contributed by atoms with van der Waals surface area (Å²) in [5.74, 6) is 0.109. The van der Waals surface area contributed by atoms with Crippen LogP contribution in [0, 0.1) is 5.82 Å². The van der Waals surface area contributed by atoms with Crippen molar-refractivity contribution in [1.82, 2.24) is 9.80 Å². The van der Waals surface area contributed by atoms with Crippen molar-refractivity contribution < 1.29 is 18.7 Å². The maximum absolute atomic E-state index is 13.8. The Hall–Kier alpha value is -2.64. The molecule has 0 aromatic heterocycles. The van der Waals surface area contributed by atoms with Gasteiger partial charge in [0.05, 0.1) is 12.1 Å². The lowest BCUT2D eigenvalue weighted by Gasteiger charge is -2.14. The Bertz CT molecular complexity index is 980. The van der Waals surface area contributed by atoms with E-state index in [4.69, 9.17) is 33.3 Å². The number of benzene rings is 2. The molecule has 1 fully saturated rings. The Morgan fingerprint density at radius 1 is 1.21 bits per heavy atom. The van der Waals surface area contributed by atoms with E-state index in [1.165, 1.54) is 18.1 Å². The molecule has 0 atom stereocenters. The summed E-state index contributed by atoms with van der Waals surface area (Å²) in [6.07, 6.45) is 1.67. The summed E-state index contributed by atoms with van der Waals surface area (Å²) in [6.45, 7) is 0.00345. The number of methoxy groups -OCH3 is 1. The first-order chi connectivity index (χ1) is 13.3. The van der Waals surface area contributed by atoms with Gasteiger partial charge in [-0.05, 0) is 42.1 Å². The Labute approximate surface area is 172 Å². The summed E-state index contributed by atoms with van der Waals surface area (Å²) in [7, 11) is 4.82. The molecule has 5 nitrogen and oxygen atoms in total. The maximum Gasteiger partial charge on any atom is 0.276 e. The second kappa shape index (κ2) is 8.16. The number of halogens is 2. The summed E-state index contributed by atoms with van der Waals surface area (Å²) in [5.41, 5.74) is 1.47. The SMILES string of the molecule is COc1cc(C=C2C(=O)N(C)C(=S)N2C)cc(Cl)c1OCc1ccccc1F. The van der Waals surface area contributed by atoms with Gasteiger partial charge in [-0.15, -0.1) is 0 Å². The van der Waals surface area contributed by atoms with Gasteiger partial charge >= 0.3 is 0 Å². The number of amides is 1. The lowest BCUT2D eigenvalue weighted by molar-refractivity contribution is -0.121. The fraction of sp³-hybridized carbons (Fsp3) is 0.200. The van der Waals surface area contributed by atoms with Gasteiger partial charge in [0.15, 0.2) is 16.6 Å². The van der Waals surface area contributed by atoms with Gasteiger partial charge in [0.2, 0.25) is 0 Å². The van der Waals surface area contributed by atoms with Gasteiger partial charge in [0, 0.05) is 19.7 Å². The van der Waals surface area contributed by atoms with Crippen molar-refractivity contribution in [2.24, 2.45) is 0 Å². The topological polar surface area (TPSA) is 42.0 Å². The molecule has 0 aliphatic carbocycles. The van der Waals surface area contributed by atoms with Gasteiger partial charge in [-0.3, -0.25) is 9.69 Å². The molecule has 1 saturated heterocycles. The number of rotatable bonds is 5. The van der Waals surface area contributed by atoms with E-state index in [-0.39, 0.29) is 23.4 Å². The Morgan fingerprint density at radius 3 is 2.54 bits per heavy atom. The van der Waals surface area contributed by atoms with Crippen LogP contribution in [-0.4, -0.2) is 42.0 Å². The Balaban J connectivity index is 1.90. The number of nitrogens with zero attached hydrogens (tertiary/aromatic N) is 2. The Morgan fingerprint density at radius 2 is 1.93 bits per heavy atom. The lowest BCUT2D eigenvalue weighted by Crippen LogP contribution is -2.26. The van der Waals surface area contributed by atoms with Crippen LogP contribution < -0.4 is 9.47 Å². The van der Waals surface area contributed by atoms with Gasteiger partial charge in [0.1, 0.15) is 18.1 Å². The van der Waals surface area contributed by atoms with Crippen LogP contribution >= 0.6 is 23.8 Å². The minimum atomic E-state index is -0.359. The van der Waals surface area contributed by atoms with Crippen LogP contribution in [0.1, 0.15) is 11.1 Å². The summed E-state index contributed by atoms with van der Waals surface area (Å²) < 4.78 is 24.9. The van der Waals surface area contributed by atoms with E-state index in [0.717, 1.165) is 0 Å². The minimum Gasteiger partial charge on any atom is -0.493 e. The van der Waals surface area contributed by atoms with Crippen LogP contribution in [0.5, 0.6) is 11.5 Å². The van der Waals surface area contributed by atoms with E-state index in [1.807, 2.05) is 0 Å². The lowest BCUT2D eigenvalue weighted by atomic mass is 10.1. The van der Waals surface area contributed by atoms with Crippen LogP contribution in [0.3, 0.4) is 0 Å². The van der Waals surface area contributed by atoms with Crippen LogP contribution in [0.15, 0.2) is 42.1 Å². The molecule has 8 heteroatoms. The quantitative estimate of drug-likeness (QED) is 0.538. The van der Waals surface area contributed by atoms with Crippen LogP contribution in [0.4, 0.5) is 4.39 Å². The summed E-state index contributed by atoms with van der Waals surface area (Å²) in [5, 5.41) is 0.700. The summed E-state index contributed by atoms with van der Waals surface area (Å²) in [4.78, 5) is 15.4. The second-order valence-corrected chi connectivity index (χ2v) is 6.92. The zero-order chi connectivity index (χ0) is 20.4. The molecule has 0 unspecified atom stereocenters. The summed E-state index contributed by atoms with van der Waals surface area (Å²) >= 11 is 11.6. The van der Waals surface area contributed by atoms with Gasteiger partial charge in [-0.2, -0.15) is 0 Å². The van der Waals surface area contributed by atoms with E-state index in [0.29, 0.717) is 33.4 Å². The van der Waals surface area contributed by atoms with Crippen molar-refractivity contribution in [2.75, 3.05) is 21.2 Å². The van der Waals surface area contributed by atoms with E-state index in [2.05, 4.69) is 0 Å². The average Bonchev–Trinajstić information content (AvgIpc) is 2.86. The molecule has 0 radical (unpaired) electrons. The number of hydrogen-bond donors (Lipinski definition) is 0. The normalized spacial score (nSPS) is 15.5. The minimum absolute atomic E-state index is 0.00345. The molecule has 3 rings (SSSR count). The van der Waals surface area contributed by atoms with E-state index >= 15 is 0 Å². The third-order valence-corrected chi connectivity index (χ3v) is 5.17. The largest absolute Gasteiger partial charge is 0.493 e. The first-order valence-corrected chi connectivity index (χ1v) is 9.13. The molecule has 1 aliphatic rings. The molecule has 2 aromatic carbocycles. The molecule has 0 bridgehead atoms. The van der Waals surface area contributed by atoms with Gasteiger partial charge in [-0.25, -0.2) is 4.39 Å². The zero-order valence-electron chi connectivity index (χ0n) is 15.5. The second-order valence-electron chi connectivity index (χ2n) is 6.15. The van der Waals surface area contributed by atoms with Crippen molar-refractivity contribution in [2.45, 2.75) is 6.61 Å². The Kier molecular flexibility index (Phi) is 5.86. The van der Waals surface area contributed by atoms with Crippen LogP contribution in [0.2, 0.25) is 5.02 Å². The van der Waals surface area contributed by atoms with Crippen molar-refractivity contribution in [1.29, 1.82) is 0 Å². The number of hydrogen-bond acceptors (Lipinski definition) is 4. The number of ether oxygens (including phenoxy) is 2. The average molecular weight is 421 g/mol. The highest BCUT2D eigenvalue weighted by molar-refractivity contribution is 7.80. The third-order valence-electron chi connectivity index (χ3n) is 4.34. The maximum atomic E-state index is 13.8. The van der Waals surface area contributed by atoms with Crippen LogP contribution in [-0.2, 0) is 11.4 Å². The highest BCUT2D eigenvalue weighted by Gasteiger charge is 2.32. The number of thiocarbonyl (C=S) groups is 1. The molecule has 146 valence electrons. The van der Waals surface area contributed by atoms with Crippen molar-refractivity contribution in [3.05, 3.63) is 64.1 Å². The number of likely N-dealkylation sites (N-methyl/N-ethyl adjacent to an activating group) is 2. The van der Waals surface area contributed by atoms with E-state index in [9.17, 15) is 9.18 Å². The highest BCUT2D eigenvalue weighted by Crippen LogP contribution is 2.38. The molecular formula is C20H18ClFN2O3S. The predicted molar refractivity (Wildman–Crippen MR) is 110 cm³/mol. The first-order valence-electron chi connectivity index (χ1n) is 8.34. The van der Waals surface area contributed by atoms with Gasteiger partial charge in [0.25, 0.3) is 5.91 Å². The van der Waals surface area contributed by atoms with Crippen LogP contribution in [0.25, 0.3) is 6.08 Å². The first kappa shape index (κ1) is 20.1. The molecule has 0 N–H and O–H groups in total. The molecule has 1 heterocycles. The standard InChI is InChI=1S/C20H18ClFN2O3S/c1-23-16(19(25)24(2)20(23)28)9-12-8-14(21)18(17(10-12)26-3)27-11-13-6-4-5-7-15(13)22/h4-10H,11H2,1-3H3. The molecule has 1 amide bonds. The smallest absolute Gasteiger partial charge is 0.276 e. The monoisotopic (exact) mass is 420 g/mol. The highest BCUT2D eigenvalue weighted by atomic mass is 35.5. The molecule has 1 aliphatic heterocycles. The van der Waals surface area contributed by atoms with Gasteiger partial charge < -0.3 is 14.4 Å². The predicted octanol–water partition coefficient (Wildman–Crippen LogP) is 4.10. The molecular weight excluding hydrogens is 403 g/mol. The molecule has 0 saturated carbocycles. The fourth-order valence-corrected chi connectivity index (χ4v) is 3.23. The van der Waals surface area contributed by atoms with Crippen molar-refractivity contribution >= 4 is 40.9 Å². The zero-order valence-corrected chi connectivity index (χ0v) is 17.1. The molecule has 2 aromatic rings. The fourth-order valence-electron chi connectivity index (χ4n) is 2.78. The van der Waals surface area contributed by atoms with E-state index in [1.54, 1.807) is 55.4 Å². The third kappa shape index (κ3) is 3.81. The van der Waals surface area contributed by atoms with Crippen molar-refractivity contribution in [3.63, 3.8) is 0 Å². The number of carbonyl (C=O) groups excluding carboxylic acids is 1. The number of carbonyl (C=O) groups is 1.